The number of likely N-dealkylation sites (tertiary alicyclic amines) is 1. The third-order valence-corrected chi connectivity index (χ3v) is 4.99. The molecule has 1 aliphatic heterocycles. The summed E-state index contributed by atoms with van der Waals surface area (Å²) in [4.78, 5) is 23.2. The van der Waals surface area contributed by atoms with E-state index in [9.17, 15) is 13.6 Å². The fourth-order valence-corrected chi connectivity index (χ4v) is 3.56. The van der Waals surface area contributed by atoms with E-state index in [-0.39, 0.29) is 23.2 Å². The van der Waals surface area contributed by atoms with Crippen LogP contribution in [0.5, 0.6) is 0 Å². The molecule has 7 heteroatoms. The average Bonchev–Trinajstić information content (AvgIpc) is 2.74. The number of carbonyl (C=O) groups excluding carboxylic acids is 1. The van der Waals surface area contributed by atoms with Crippen LogP contribution < -0.4 is 5.32 Å². The Labute approximate surface area is 167 Å². The summed E-state index contributed by atoms with van der Waals surface area (Å²) in [6.07, 6.45) is 3.32. The monoisotopic (exact) mass is 394 g/mol. The van der Waals surface area contributed by atoms with Crippen molar-refractivity contribution in [1.82, 2.24) is 14.9 Å². The SMILES string of the molecule is O=C(c1ccccc1F)N1CCCC(c2ccnc(Nc3cccc(F)c3)n2)C1. The minimum absolute atomic E-state index is 0.0236. The highest BCUT2D eigenvalue weighted by Gasteiger charge is 2.27. The molecule has 5 nitrogen and oxygen atoms in total. The van der Waals surface area contributed by atoms with Gasteiger partial charge >= 0.3 is 0 Å². The number of aromatic nitrogens is 2. The van der Waals surface area contributed by atoms with Crippen molar-refractivity contribution < 1.29 is 13.6 Å². The van der Waals surface area contributed by atoms with E-state index < -0.39 is 5.82 Å². The molecule has 1 fully saturated rings. The molecule has 1 amide bonds. The normalized spacial score (nSPS) is 16.5. The van der Waals surface area contributed by atoms with Crippen LogP contribution in [0, 0.1) is 11.6 Å². The van der Waals surface area contributed by atoms with Crippen molar-refractivity contribution in [3.63, 3.8) is 0 Å². The number of piperidine rings is 1. The third kappa shape index (κ3) is 4.39. The zero-order valence-electron chi connectivity index (χ0n) is 15.7. The maximum absolute atomic E-state index is 14.0. The van der Waals surface area contributed by atoms with E-state index in [0.717, 1.165) is 18.5 Å². The lowest BCUT2D eigenvalue weighted by Gasteiger charge is -2.32. The number of benzene rings is 2. The van der Waals surface area contributed by atoms with E-state index in [4.69, 9.17) is 0 Å². The van der Waals surface area contributed by atoms with E-state index in [2.05, 4.69) is 15.3 Å². The van der Waals surface area contributed by atoms with Crippen LogP contribution in [0.1, 0.15) is 34.8 Å². The molecule has 3 aromatic rings. The van der Waals surface area contributed by atoms with Gasteiger partial charge in [-0.1, -0.05) is 18.2 Å². The van der Waals surface area contributed by atoms with E-state index in [1.54, 1.807) is 35.4 Å². The van der Waals surface area contributed by atoms with Crippen LogP contribution in [0.15, 0.2) is 60.8 Å². The summed E-state index contributed by atoms with van der Waals surface area (Å²) in [5, 5.41) is 3.00. The number of amides is 1. The molecule has 0 radical (unpaired) electrons. The predicted molar refractivity (Wildman–Crippen MR) is 106 cm³/mol. The van der Waals surface area contributed by atoms with Gasteiger partial charge in [-0.3, -0.25) is 4.79 Å². The molecule has 1 aromatic heterocycles. The maximum atomic E-state index is 14.0. The molecule has 0 saturated carbocycles. The Bertz CT molecular complexity index is 1030. The molecule has 1 unspecified atom stereocenters. The Hall–Kier alpha value is -3.35. The zero-order valence-corrected chi connectivity index (χ0v) is 15.7. The minimum Gasteiger partial charge on any atom is -0.338 e. The Kier molecular flexibility index (Phi) is 5.46. The van der Waals surface area contributed by atoms with Crippen molar-refractivity contribution in [3.8, 4) is 0 Å². The van der Waals surface area contributed by atoms with Gasteiger partial charge in [0.05, 0.1) is 11.3 Å². The molecular weight excluding hydrogens is 374 g/mol. The number of hydrogen-bond acceptors (Lipinski definition) is 4. The fourth-order valence-electron chi connectivity index (χ4n) is 3.56. The van der Waals surface area contributed by atoms with Gasteiger partial charge in [0.1, 0.15) is 11.6 Å². The Morgan fingerprint density at radius 1 is 1.10 bits per heavy atom. The summed E-state index contributed by atoms with van der Waals surface area (Å²) in [5.74, 6) is -0.773. The van der Waals surface area contributed by atoms with Gasteiger partial charge in [0, 0.05) is 30.9 Å². The fraction of sp³-hybridized carbons (Fsp3) is 0.227. The Morgan fingerprint density at radius 3 is 2.79 bits per heavy atom. The first-order chi connectivity index (χ1) is 14.1. The van der Waals surface area contributed by atoms with Crippen LogP contribution in [-0.2, 0) is 0 Å². The van der Waals surface area contributed by atoms with E-state index in [1.165, 1.54) is 24.3 Å². The van der Waals surface area contributed by atoms with E-state index in [1.807, 2.05) is 6.07 Å². The van der Waals surface area contributed by atoms with Crippen molar-refractivity contribution >= 4 is 17.5 Å². The number of halogens is 2. The summed E-state index contributed by atoms with van der Waals surface area (Å²) >= 11 is 0. The van der Waals surface area contributed by atoms with Crippen LogP contribution >= 0.6 is 0 Å². The molecule has 0 aliphatic carbocycles. The van der Waals surface area contributed by atoms with Crippen molar-refractivity contribution in [2.24, 2.45) is 0 Å². The average molecular weight is 394 g/mol. The maximum Gasteiger partial charge on any atom is 0.256 e. The summed E-state index contributed by atoms with van der Waals surface area (Å²) < 4.78 is 27.4. The molecule has 2 aromatic carbocycles. The predicted octanol–water partition coefficient (Wildman–Crippen LogP) is 4.52. The van der Waals surface area contributed by atoms with Crippen molar-refractivity contribution in [2.45, 2.75) is 18.8 Å². The van der Waals surface area contributed by atoms with Crippen molar-refractivity contribution in [3.05, 3.63) is 83.7 Å². The standard InChI is InChI=1S/C22H20F2N4O/c23-16-6-3-7-17(13-16)26-22-25-11-10-20(27-22)15-5-4-12-28(14-15)21(29)18-8-1-2-9-19(18)24/h1-3,6-11,13,15H,4-5,12,14H2,(H,25,26,27). The largest absolute Gasteiger partial charge is 0.338 e. The lowest BCUT2D eigenvalue weighted by Crippen LogP contribution is -2.39. The molecular formula is C22H20F2N4O. The molecule has 0 spiro atoms. The summed E-state index contributed by atoms with van der Waals surface area (Å²) in [5.41, 5.74) is 1.44. The summed E-state index contributed by atoms with van der Waals surface area (Å²) in [7, 11) is 0. The first-order valence-corrected chi connectivity index (χ1v) is 9.49. The number of hydrogen-bond donors (Lipinski definition) is 1. The number of nitrogens with zero attached hydrogens (tertiary/aromatic N) is 3. The van der Waals surface area contributed by atoms with Gasteiger partial charge in [-0.15, -0.1) is 0 Å². The molecule has 1 aliphatic rings. The third-order valence-electron chi connectivity index (χ3n) is 4.99. The second kappa shape index (κ2) is 8.34. The first kappa shape index (κ1) is 19.0. The van der Waals surface area contributed by atoms with Gasteiger partial charge in [0.2, 0.25) is 5.95 Å². The van der Waals surface area contributed by atoms with Gasteiger partial charge in [-0.2, -0.15) is 0 Å². The summed E-state index contributed by atoms with van der Waals surface area (Å²) in [6, 6.07) is 13.9. The molecule has 4 rings (SSSR count). The number of rotatable bonds is 4. The topological polar surface area (TPSA) is 58.1 Å². The Morgan fingerprint density at radius 2 is 1.97 bits per heavy atom. The Balaban J connectivity index is 1.50. The quantitative estimate of drug-likeness (QED) is 0.707. The van der Waals surface area contributed by atoms with Gasteiger partial charge in [-0.05, 0) is 49.2 Å². The van der Waals surface area contributed by atoms with Gasteiger partial charge in [0.15, 0.2) is 0 Å². The van der Waals surface area contributed by atoms with Crippen LogP contribution in [0.3, 0.4) is 0 Å². The number of nitrogens with one attached hydrogen (secondary N) is 1. The molecule has 29 heavy (non-hydrogen) atoms. The molecule has 0 bridgehead atoms. The summed E-state index contributed by atoms with van der Waals surface area (Å²) in [6.45, 7) is 1.05. The van der Waals surface area contributed by atoms with Crippen molar-refractivity contribution in [2.75, 3.05) is 18.4 Å². The second-order valence-electron chi connectivity index (χ2n) is 7.01. The van der Waals surface area contributed by atoms with Gasteiger partial charge < -0.3 is 10.2 Å². The van der Waals surface area contributed by atoms with Crippen molar-refractivity contribution in [1.29, 1.82) is 0 Å². The van der Waals surface area contributed by atoms with Crippen LogP contribution in [0.4, 0.5) is 20.4 Å². The zero-order chi connectivity index (χ0) is 20.2. The molecule has 1 saturated heterocycles. The molecule has 2 heterocycles. The van der Waals surface area contributed by atoms with E-state index in [0.29, 0.717) is 24.7 Å². The van der Waals surface area contributed by atoms with Crippen LogP contribution in [-0.4, -0.2) is 33.9 Å². The lowest BCUT2D eigenvalue weighted by atomic mass is 9.94. The van der Waals surface area contributed by atoms with Crippen LogP contribution in [0.25, 0.3) is 0 Å². The molecule has 1 N–H and O–H groups in total. The minimum atomic E-state index is -0.511. The number of anilines is 2. The van der Waals surface area contributed by atoms with Crippen LogP contribution in [0.2, 0.25) is 0 Å². The second-order valence-corrected chi connectivity index (χ2v) is 7.01. The molecule has 148 valence electrons. The van der Waals surface area contributed by atoms with E-state index >= 15 is 0 Å². The molecule has 1 atom stereocenters. The smallest absolute Gasteiger partial charge is 0.256 e. The highest BCUT2D eigenvalue weighted by atomic mass is 19.1. The number of carbonyl (C=O) groups is 1. The highest BCUT2D eigenvalue weighted by molar-refractivity contribution is 5.94. The van der Waals surface area contributed by atoms with Gasteiger partial charge in [-0.25, -0.2) is 18.7 Å². The highest BCUT2D eigenvalue weighted by Crippen LogP contribution is 2.27. The lowest BCUT2D eigenvalue weighted by molar-refractivity contribution is 0.0701. The first-order valence-electron chi connectivity index (χ1n) is 9.49. The van der Waals surface area contributed by atoms with Gasteiger partial charge in [0.25, 0.3) is 5.91 Å².